The van der Waals surface area contributed by atoms with Gasteiger partial charge in [-0.05, 0) is 53.6 Å². The third kappa shape index (κ3) is 3.65. The molecule has 0 aromatic heterocycles. The van der Waals surface area contributed by atoms with E-state index < -0.39 is 0 Å². The maximum atomic E-state index is 12.7. The molecule has 1 amide bonds. The molecule has 4 heteroatoms. The first-order valence-corrected chi connectivity index (χ1v) is 9.31. The number of nitrogens with zero attached hydrogens (tertiary/aromatic N) is 1. The fourth-order valence-electron chi connectivity index (χ4n) is 3.43. The quantitative estimate of drug-likeness (QED) is 0.618. The molecular formula is C25H21NO3. The summed E-state index contributed by atoms with van der Waals surface area (Å²) in [6, 6.07) is 25.4. The Bertz CT molecular complexity index is 1020. The van der Waals surface area contributed by atoms with E-state index in [4.69, 9.17) is 9.47 Å². The number of amides is 1. The highest BCUT2D eigenvalue weighted by atomic mass is 16.5. The minimum absolute atomic E-state index is 0.0641. The van der Waals surface area contributed by atoms with Crippen LogP contribution in [0.2, 0.25) is 0 Å². The molecule has 4 nitrogen and oxygen atoms in total. The fourth-order valence-corrected chi connectivity index (χ4v) is 3.43. The zero-order chi connectivity index (χ0) is 20.2. The van der Waals surface area contributed by atoms with Crippen LogP contribution in [0.3, 0.4) is 0 Å². The lowest BCUT2D eigenvalue weighted by atomic mass is 9.95. The van der Waals surface area contributed by atoms with E-state index in [1.165, 1.54) is 0 Å². The van der Waals surface area contributed by atoms with Crippen molar-refractivity contribution in [2.75, 3.05) is 19.1 Å². The van der Waals surface area contributed by atoms with Gasteiger partial charge in [-0.1, -0.05) is 42.5 Å². The largest absolute Gasteiger partial charge is 0.497 e. The number of hydrogen-bond donors (Lipinski definition) is 0. The summed E-state index contributed by atoms with van der Waals surface area (Å²) in [5.74, 6) is 1.50. The molecule has 0 saturated carbocycles. The molecule has 0 unspecified atom stereocenters. The Hall–Kier alpha value is -3.79. The summed E-state index contributed by atoms with van der Waals surface area (Å²) in [5, 5.41) is 0. The lowest BCUT2D eigenvalue weighted by Crippen LogP contribution is -2.24. The fraction of sp³-hybridized carbons (Fsp3) is 0.0800. The molecule has 0 radical (unpaired) electrons. The number of hydrogen-bond acceptors (Lipinski definition) is 3. The van der Waals surface area contributed by atoms with Crippen molar-refractivity contribution >= 4 is 17.2 Å². The molecule has 29 heavy (non-hydrogen) atoms. The second-order valence-corrected chi connectivity index (χ2v) is 6.56. The van der Waals surface area contributed by atoms with E-state index >= 15 is 0 Å². The van der Waals surface area contributed by atoms with Crippen LogP contribution >= 0.6 is 0 Å². The van der Waals surface area contributed by atoms with E-state index in [-0.39, 0.29) is 5.91 Å². The van der Waals surface area contributed by atoms with Gasteiger partial charge >= 0.3 is 0 Å². The van der Waals surface area contributed by atoms with E-state index in [1.807, 2.05) is 84.9 Å². The summed E-state index contributed by atoms with van der Waals surface area (Å²) >= 11 is 0. The Morgan fingerprint density at radius 2 is 1.21 bits per heavy atom. The molecule has 144 valence electrons. The Morgan fingerprint density at radius 1 is 0.690 bits per heavy atom. The number of para-hydroxylation sites is 1. The summed E-state index contributed by atoms with van der Waals surface area (Å²) < 4.78 is 10.6. The molecule has 0 spiro atoms. The standard InChI is InChI=1S/C25H21NO3/c1-28-21-12-8-18(9-13-21)25(19-10-14-22(29-2)15-11-19)23-16-17-24(27)26(23)20-6-4-3-5-7-20/h3-17H,1-2H3. The molecule has 0 fully saturated rings. The molecule has 4 rings (SSSR count). The average Bonchev–Trinajstić information content (AvgIpc) is 3.16. The summed E-state index contributed by atoms with van der Waals surface area (Å²) in [4.78, 5) is 14.5. The Kier molecular flexibility index (Phi) is 5.16. The zero-order valence-corrected chi connectivity index (χ0v) is 16.3. The first-order chi connectivity index (χ1) is 14.2. The van der Waals surface area contributed by atoms with Gasteiger partial charge in [0.25, 0.3) is 5.91 Å². The van der Waals surface area contributed by atoms with E-state index in [0.29, 0.717) is 0 Å². The minimum atomic E-state index is -0.0641. The van der Waals surface area contributed by atoms with Gasteiger partial charge in [0.1, 0.15) is 11.5 Å². The van der Waals surface area contributed by atoms with Crippen LogP contribution in [0.25, 0.3) is 5.57 Å². The summed E-state index contributed by atoms with van der Waals surface area (Å²) in [6.45, 7) is 0. The topological polar surface area (TPSA) is 38.8 Å². The molecule has 1 heterocycles. The van der Waals surface area contributed by atoms with Crippen molar-refractivity contribution in [3.63, 3.8) is 0 Å². The predicted octanol–water partition coefficient (Wildman–Crippen LogP) is 5.07. The van der Waals surface area contributed by atoms with Crippen molar-refractivity contribution in [2.24, 2.45) is 0 Å². The Morgan fingerprint density at radius 3 is 1.69 bits per heavy atom. The molecule has 3 aromatic rings. The number of ether oxygens (including phenoxy) is 2. The van der Waals surface area contributed by atoms with Crippen LogP contribution < -0.4 is 14.4 Å². The van der Waals surface area contributed by atoms with Crippen molar-refractivity contribution in [1.82, 2.24) is 0 Å². The molecule has 0 aliphatic carbocycles. The lowest BCUT2D eigenvalue weighted by Gasteiger charge is -2.22. The van der Waals surface area contributed by atoms with E-state index in [1.54, 1.807) is 25.2 Å². The minimum Gasteiger partial charge on any atom is -0.497 e. The van der Waals surface area contributed by atoms with E-state index in [0.717, 1.165) is 39.6 Å². The normalized spacial score (nSPS) is 13.0. The van der Waals surface area contributed by atoms with Crippen molar-refractivity contribution in [1.29, 1.82) is 0 Å². The van der Waals surface area contributed by atoms with Crippen molar-refractivity contribution in [2.45, 2.75) is 0 Å². The zero-order valence-electron chi connectivity index (χ0n) is 16.3. The van der Waals surface area contributed by atoms with Gasteiger partial charge in [-0.25, -0.2) is 0 Å². The molecule has 0 saturated heterocycles. The molecule has 0 bridgehead atoms. The summed E-state index contributed by atoms with van der Waals surface area (Å²) in [7, 11) is 3.29. The Labute approximate surface area is 170 Å². The summed E-state index contributed by atoms with van der Waals surface area (Å²) in [6.07, 6.45) is 3.48. The number of anilines is 1. The number of rotatable bonds is 5. The lowest BCUT2D eigenvalue weighted by molar-refractivity contribution is -0.113. The number of methoxy groups -OCH3 is 2. The van der Waals surface area contributed by atoms with Gasteiger partial charge in [0.2, 0.25) is 0 Å². The van der Waals surface area contributed by atoms with Crippen LogP contribution in [0.15, 0.2) is 96.7 Å². The third-order valence-electron chi connectivity index (χ3n) is 4.87. The smallest absolute Gasteiger partial charge is 0.255 e. The van der Waals surface area contributed by atoms with Crippen LogP contribution in [0.1, 0.15) is 11.1 Å². The van der Waals surface area contributed by atoms with Gasteiger partial charge in [-0.3, -0.25) is 9.69 Å². The maximum absolute atomic E-state index is 12.7. The predicted molar refractivity (Wildman–Crippen MR) is 115 cm³/mol. The molecule has 1 aliphatic rings. The highest BCUT2D eigenvalue weighted by molar-refractivity contribution is 6.11. The molecular weight excluding hydrogens is 362 g/mol. The summed E-state index contributed by atoms with van der Waals surface area (Å²) in [5.41, 5.74) is 4.60. The number of carbonyl (C=O) groups excluding carboxylic acids is 1. The average molecular weight is 383 g/mol. The van der Waals surface area contributed by atoms with Crippen molar-refractivity contribution in [3.8, 4) is 11.5 Å². The van der Waals surface area contributed by atoms with Crippen LogP contribution in [0.5, 0.6) is 11.5 Å². The van der Waals surface area contributed by atoms with Gasteiger partial charge in [-0.15, -0.1) is 0 Å². The molecule has 3 aromatic carbocycles. The van der Waals surface area contributed by atoms with E-state index in [9.17, 15) is 4.79 Å². The number of carbonyl (C=O) groups is 1. The van der Waals surface area contributed by atoms with Crippen molar-refractivity contribution < 1.29 is 14.3 Å². The first-order valence-electron chi connectivity index (χ1n) is 9.31. The highest BCUT2D eigenvalue weighted by Gasteiger charge is 2.26. The third-order valence-corrected chi connectivity index (χ3v) is 4.87. The van der Waals surface area contributed by atoms with Crippen LogP contribution in [0.4, 0.5) is 5.69 Å². The number of benzene rings is 3. The Balaban J connectivity index is 1.92. The van der Waals surface area contributed by atoms with Crippen LogP contribution in [-0.4, -0.2) is 20.1 Å². The second kappa shape index (κ2) is 8.07. The van der Waals surface area contributed by atoms with Gasteiger partial charge in [0.15, 0.2) is 0 Å². The molecule has 0 N–H and O–H groups in total. The van der Waals surface area contributed by atoms with Gasteiger partial charge in [-0.2, -0.15) is 0 Å². The molecule has 1 aliphatic heterocycles. The van der Waals surface area contributed by atoms with E-state index in [2.05, 4.69) is 0 Å². The maximum Gasteiger partial charge on any atom is 0.255 e. The second-order valence-electron chi connectivity index (χ2n) is 6.56. The monoisotopic (exact) mass is 383 g/mol. The number of allylic oxidation sites excluding steroid dienone is 1. The first kappa shape index (κ1) is 18.6. The van der Waals surface area contributed by atoms with Crippen LogP contribution in [-0.2, 0) is 4.79 Å². The van der Waals surface area contributed by atoms with Gasteiger partial charge in [0.05, 0.1) is 19.9 Å². The van der Waals surface area contributed by atoms with Gasteiger partial charge < -0.3 is 9.47 Å². The highest BCUT2D eigenvalue weighted by Crippen LogP contribution is 2.36. The van der Waals surface area contributed by atoms with Crippen LogP contribution in [0, 0.1) is 0 Å². The van der Waals surface area contributed by atoms with Gasteiger partial charge in [0, 0.05) is 17.3 Å². The molecule has 0 atom stereocenters. The van der Waals surface area contributed by atoms with Crippen molar-refractivity contribution in [3.05, 3.63) is 108 Å². The SMILES string of the molecule is COc1ccc(C(=C2C=CC(=O)N2c2ccccc2)c2ccc(OC)cc2)cc1.